The normalized spacial score (nSPS) is 21.1. The van der Waals surface area contributed by atoms with Crippen molar-refractivity contribution in [2.45, 2.75) is 37.9 Å². The Balaban J connectivity index is 1.46. The molecule has 0 spiro atoms. The zero-order valence-electron chi connectivity index (χ0n) is 21.0. The molecule has 1 N–H and O–H groups in total. The number of ether oxygens (including phenoxy) is 3. The molecule has 6 rings (SSSR count). The Kier molecular flexibility index (Phi) is 6.40. The van der Waals surface area contributed by atoms with Crippen LogP contribution in [0.5, 0.6) is 5.75 Å². The van der Waals surface area contributed by atoms with E-state index in [9.17, 15) is 23.2 Å². The molecule has 3 aromatic rings. The molecule has 1 fully saturated rings. The maximum atomic E-state index is 14.2. The Bertz CT molecular complexity index is 1530. The molecule has 2 aromatic carbocycles. The van der Waals surface area contributed by atoms with E-state index in [4.69, 9.17) is 14.2 Å². The number of fused-ring (bicyclic) bond motifs is 2. The first-order valence-electron chi connectivity index (χ1n) is 12.6. The highest BCUT2D eigenvalue weighted by Crippen LogP contribution is 2.47. The first-order valence-corrected chi connectivity index (χ1v) is 12.6. The van der Waals surface area contributed by atoms with E-state index in [1.54, 1.807) is 9.47 Å². The van der Waals surface area contributed by atoms with E-state index in [1.165, 1.54) is 13.2 Å². The number of pyridine rings is 1. The molecule has 1 saturated heterocycles. The summed E-state index contributed by atoms with van der Waals surface area (Å²) in [5.74, 6) is -3.02. The monoisotopic (exact) mass is 537 g/mol. The minimum atomic E-state index is -0.826. The van der Waals surface area contributed by atoms with Crippen LogP contribution in [0.2, 0.25) is 0 Å². The van der Waals surface area contributed by atoms with Gasteiger partial charge in [-0.05, 0) is 11.6 Å². The van der Waals surface area contributed by atoms with Gasteiger partial charge in [0.1, 0.15) is 29.9 Å². The molecule has 0 radical (unpaired) electrons. The maximum Gasteiger partial charge on any atom is 0.276 e. The lowest BCUT2D eigenvalue weighted by Gasteiger charge is -2.36. The average Bonchev–Trinajstić information content (AvgIpc) is 3.56. The summed E-state index contributed by atoms with van der Waals surface area (Å²) in [5, 5.41) is 2.57. The number of nitrogens with one attached hydrogen (secondary N) is 1. The Hall–Kier alpha value is -4.09. The first-order chi connectivity index (χ1) is 18.9. The summed E-state index contributed by atoms with van der Waals surface area (Å²) < 4.78 is 46.7. The second-order valence-electron chi connectivity index (χ2n) is 9.62. The second kappa shape index (κ2) is 9.90. The van der Waals surface area contributed by atoms with E-state index in [-0.39, 0.29) is 41.4 Å². The molecular weight excluding hydrogens is 512 g/mol. The van der Waals surface area contributed by atoms with Crippen LogP contribution in [0.3, 0.4) is 0 Å². The Morgan fingerprint density at radius 1 is 1.15 bits per heavy atom. The van der Waals surface area contributed by atoms with E-state index in [0.29, 0.717) is 19.6 Å². The van der Waals surface area contributed by atoms with E-state index >= 15 is 0 Å². The maximum absolute atomic E-state index is 14.2. The first kappa shape index (κ1) is 25.2. The smallest absolute Gasteiger partial charge is 0.276 e. The number of rotatable bonds is 7. The number of aromatic nitrogens is 1. The number of nitrogens with zero attached hydrogens (tertiary/aromatic N) is 2. The van der Waals surface area contributed by atoms with Crippen LogP contribution in [0, 0.1) is 11.6 Å². The fraction of sp³-hybridized carbons (Fsp3) is 0.321. The number of carbonyl (C=O) groups is 2. The van der Waals surface area contributed by atoms with Gasteiger partial charge in [-0.1, -0.05) is 36.4 Å². The predicted molar refractivity (Wildman–Crippen MR) is 133 cm³/mol. The molecule has 202 valence electrons. The van der Waals surface area contributed by atoms with Gasteiger partial charge in [0, 0.05) is 38.2 Å². The van der Waals surface area contributed by atoms with Crippen molar-refractivity contribution < 1.29 is 32.6 Å². The van der Waals surface area contributed by atoms with Gasteiger partial charge in [0.15, 0.2) is 17.7 Å². The van der Waals surface area contributed by atoms with Crippen LogP contribution in [0.15, 0.2) is 53.3 Å². The Morgan fingerprint density at radius 3 is 2.69 bits per heavy atom. The van der Waals surface area contributed by atoms with Crippen molar-refractivity contribution in [1.29, 1.82) is 0 Å². The van der Waals surface area contributed by atoms with Gasteiger partial charge in [-0.25, -0.2) is 8.78 Å². The van der Waals surface area contributed by atoms with Crippen LogP contribution in [-0.4, -0.2) is 47.8 Å². The molecule has 3 atom stereocenters. The van der Waals surface area contributed by atoms with Crippen LogP contribution < -0.4 is 15.5 Å². The summed E-state index contributed by atoms with van der Waals surface area (Å²) in [6.07, 6.45) is -0.880. The molecule has 0 saturated carbocycles. The lowest BCUT2D eigenvalue weighted by Crippen LogP contribution is -2.49. The van der Waals surface area contributed by atoms with Gasteiger partial charge >= 0.3 is 0 Å². The molecule has 3 aliphatic heterocycles. The molecule has 39 heavy (non-hydrogen) atoms. The van der Waals surface area contributed by atoms with Gasteiger partial charge in [0.25, 0.3) is 11.8 Å². The van der Waals surface area contributed by atoms with E-state index in [0.717, 1.165) is 17.7 Å². The summed E-state index contributed by atoms with van der Waals surface area (Å²) in [6, 6.07) is 11.7. The lowest BCUT2D eigenvalue weighted by molar-refractivity contribution is -0.0190. The third-order valence-corrected chi connectivity index (χ3v) is 7.41. The Morgan fingerprint density at radius 2 is 1.95 bits per heavy atom. The number of benzene rings is 2. The molecule has 3 aliphatic rings. The Labute approximate surface area is 221 Å². The van der Waals surface area contributed by atoms with Crippen LogP contribution in [0.1, 0.15) is 56.2 Å². The summed E-state index contributed by atoms with van der Waals surface area (Å²) >= 11 is 0. The molecule has 9 nitrogen and oxygen atoms in total. The summed E-state index contributed by atoms with van der Waals surface area (Å²) in [4.78, 5) is 42.7. The van der Waals surface area contributed by atoms with Crippen molar-refractivity contribution in [2.75, 3.05) is 20.3 Å². The van der Waals surface area contributed by atoms with E-state index in [1.807, 2.05) is 30.3 Å². The van der Waals surface area contributed by atoms with Crippen LogP contribution >= 0.6 is 0 Å². The number of halogens is 2. The molecule has 1 aromatic heterocycles. The molecule has 2 amide bonds. The highest BCUT2D eigenvalue weighted by Gasteiger charge is 2.52. The topological polar surface area (TPSA) is 99.1 Å². The van der Waals surface area contributed by atoms with E-state index in [2.05, 4.69) is 5.32 Å². The number of carbonyl (C=O) groups excluding carboxylic acids is 2. The van der Waals surface area contributed by atoms with Gasteiger partial charge < -0.3 is 29.0 Å². The quantitative estimate of drug-likeness (QED) is 0.498. The van der Waals surface area contributed by atoms with Crippen molar-refractivity contribution >= 4 is 11.8 Å². The molecule has 4 heterocycles. The SMILES string of the molecule is COC1CC2C3OCCN3C(=O)c3c(OCc4ccccc4)c(=O)c(C(=O)NCc4ccc(F)cc4F)c1n32. The van der Waals surface area contributed by atoms with Crippen LogP contribution in [-0.2, 0) is 22.6 Å². The van der Waals surface area contributed by atoms with Gasteiger partial charge in [-0.3, -0.25) is 14.4 Å². The fourth-order valence-electron chi connectivity index (χ4n) is 5.61. The minimum absolute atomic E-state index is 0.00411. The number of methoxy groups -OCH3 is 1. The molecule has 3 unspecified atom stereocenters. The molecule has 11 heteroatoms. The molecular formula is C28H25F2N3O6. The molecule has 0 aliphatic carbocycles. The van der Waals surface area contributed by atoms with Crippen LogP contribution in [0.25, 0.3) is 0 Å². The van der Waals surface area contributed by atoms with Crippen LogP contribution in [0.4, 0.5) is 8.78 Å². The van der Waals surface area contributed by atoms with Gasteiger partial charge in [0.2, 0.25) is 5.43 Å². The van der Waals surface area contributed by atoms with Gasteiger partial charge in [-0.15, -0.1) is 0 Å². The van der Waals surface area contributed by atoms with E-state index < -0.39 is 47.3 Å². The number of amides is 2. The van der Waals surface area contributed by atoms with Crippen molar-refractivity contribution in [1.82, 2.24) is 14.8 Å². The summed E-state index contributed by atoms with van der Waals surface area (Å²) in [6.45, 7) is 0.418. The van der Waals surface area contributed by atoms with Gasteiger partial charge in [0.05, 0.1) is 18.3 Å². The fourth-order valence-corrected chi connectivity index (χ4v) is 5.61. The zero-order valence-corrected chi connectivity index (χ0v) is 21.0. The summed E-state index contributed by atoms with van der Waals surface area (Å²) in [7, 11) is 1.46. The molecule has 0 bridgehead atoms. The standard InChI is InChI=1S/C28H25F2N3O6/c1-37-20-12-19-28-32(9-10-38-28)27(36)23-25(39-14-15-5-3-2-4-6-15)24(34)21(22(20)33(19)23)26(35)31-13-16-7-8-17(29)11-18(16)30/h2-8,11,19-20,28H,9-10,12-14H2,1H3,(H,31,35). The third-order valence-electron chi connectivity index (χ3n) is 7.41. The highest BCUT2D eigenvalue weighted by molar-refractivity contribution is 6.01. The van der Waals surface area contributed by atoms with Crippen molar-refractivity contribution in [2.24, 2.45) is 0 Å². The second-order valence-corrected chi connectivity index (χ2v) is 9.62. The van der Waals surface area contributed by atoms with Crippen molar-refractivity contribution in [3.8, 4) is 5.75 Å². The van der Waals surface area contributed by atoms with Gasteiger partial charge in [-0.2, -0.15) is 0 Å². The van der Waals surface area contributed by atoms with Crippen molar-refractivity contribution in [3.05, 3.63) is 98.5 Å². The number of hydrogen-bond acceptors (Lipinski definition) is 6. The lowest BCUT2D eigenvalue weighted by atomic mass is 10.1. The largest absolute Gasteiger partial charge is 0.483 e. The number of hydrogen-bond donors (Lipinski definition) is 1. The summed E-state index contributed by atoms with van der Waals surface area (Å²) in [5.41, 5.74) is 0.0979. The predicted octanol–water partition coefficient (Wildman–Crippen LogP) is 3.08. The highest BCUT2D eigenvalue weighted by atomic mass is 19.1. The average molecular weight is 538 g/mol. The minimum Gasteiger partial charge on any atom is -0.483 e. The van der Waals surface area contributed by atoms with Crippen molar-refractivity contribution in [3.63, 3.8) is 0 Å². The third kappa shape index (κ3) is 4.18. The zero-order chi connectivity index (χ0) is 27.3.